The third kappa shape index (κ3) is 5.27. The fraction of sp³-hybridized carbons (Fsp3) is 0.429. The number of rotatable bonds is 6. The van der Waals surface area contributed by atoms with Crippen LogP contribution >= 0.6 is 0 Å². The fourth-order valence-corrected chi connectivity index (χ4v) is 1.92. The number of methoxy groups -OCH3 is 1. The van der Waals surface area contributed by atoms with Gasteiger partial charge in [0, 0.05) is 19.5 Å². The highest BCUT2D eigenvalue weighted by Gasteiger charge is 2.07. The molecule has 3 N–H and O–H groups in total. The summed E-state index contributed by atoms with van der Waals surface area (Å²) in [4.78, 5) is 23.8. The molecule has 0 spiro atoms. The summed E-state index contributed by atoms with van der Waals surface area (Å²) in [6.07, 6.45) is 0.231. The van der Waals surface area contributed by atoms with Gasteiger partial charge in [-0.25, -0.2) is 4.79 Å². The number of carbonyl (C=O) groups excluding carboxylic acids is 2. The molecular formula is C14H21N3O3. The molecule has 0 heterocycles. The van der Waals surface area contributed by atoms with Crippen LogP contribution in [-0.4, -0.2) is 37.5 Å². The largest absolute Gasteiger partial charge is 0.496 e. The van der Waals surface area contributed by atoms with Gasteiger partial charge in [0.25, 0.3) is 0 Å². The Balaban J connectivity index is 2.46. The molecule has 0 aliphatic heterocycles. The number of nitrogens with zero attached hydrogens (tertiary/aromatic N) is 1. The third-order valence-electron chi connectivity index (χ3n) is 2.89. The molecule has 0 bridgehead atoms. The molecule has 0 atom stereocenters. The Morgan fingerprint density at radius 3 is 2.65 bits per heavy atom. The van der Waals surface area contributed by atoms with E-state index in [0.717, 1.165) is 16.9 Å². The maximum Gasteiger partial charge on any atom is 0.318 e. The summed E-state index contributed by atoms with van der Waals surface area (Å²) in [5, 5.41) is 2.04. The predicted octanol–water partition coefficient (Wildman–Crippen LogP) is 1.02. The molecule has 0 fully saturated rings. The monoisotopic (exact) mass is 279 g/mol. The number of benzene rings is 1. The van der Waals surface area contributed by atoms with E-state index in [0.29, 0.717) is 13.1 Å². The number of urea groups is 1. The zero-order valence-corrected chi connectivity index (χ0v) is 12.1. The van der Waals surface area contributed by atoms with E-state index in [1.165, 1.54) is 0 Å². The van der Waals surface area contributed by atoms with Crippen LogP contribution in [-0.2, 0) is 11.3 Å². The van der Waals surface area contributed by atoms with Gasteiger partial charge in [0.1, 0.15) is 5.75 Å². The second-order valence-corrected chi connectivity index (χ2v) is 4.70. The maximum absolute atomic E-state index is 11.3. The average molecular weight is 279 g/mol. The van der Waals surface area contributed by atoms with Crippen molar-refractivity contribution in [1.29, 1.82) is 0 Å². The molecule has 1 aromatic carbocycles. The smallest absolute Gasteiger partial charge is 0.318 e. The van der Waals surface area contributed by atoms with Crippen molar-refractivity contribution >= 4 is 11.9 Å². The number of imide groups is 1. The Morgan fingerprint density at radius 1 is 1.40 bits per heavy atom. The third-order valence-corrected chi connectivity index (χ3v) is 2.89. The zero-order valence-electron chi connectivity index (χ0n) is 12.1. The number of aryl methyl sites for hydroxylation is 1. The van der Waals surface area contributed by atoms with Crippen molar-refractivity contribution in [3.63, 3.8) is 0 Å². The van der Waals surface area contributed by atoms with Gasteiger partial charge in [-0.1, -0.05) is 12.1 Å². The number of nitrogens with two attached hydrogens (primary N) is 1. The first-order valence-corrected chi connectivity index (χ1v) is 6.33. The highest BCUT2D eigenvalue weighted by molar-refractivity contribution is 5.93. The van der Waals surface area contributed by atoms with Crippen LogP contribution in [0.2, 0.25) is 0 Å². The SMILES string of the molecule is COc1ccc(CN(C)CCC(=O)NC(N)=O)cc1C. The van der Waals surface area contributed by atoms with Crippen molar-refractivity contribution < 1.29 is 14.3 Å². The Bertz CT molecular complexity index is 489. The van der Waals surface area contributed by atoms with E-state index in [2.05, 4.69) is 6.07 Å². The van der Waals surface area contributed by atoms with E-state index < -0.39 is 6.03 Å². The first-order chi connectivity index (χ1) is 9.42. The van der Waals surface area contributed by atoms with Gasteiger partial charge in [-0.2, -0.15) is 0 Å². The van der Waals surface area contributed by atoms with Gasteiger partial charge in [0.15, 0.2) is 0 Å². The zero-order chi connectivity index (χ0) is 15.1. The number of carbonyl (C=O) groups is 2. The number of hydrogen-bond acceptors (Lipinski definition) is 4. The van der Waals surface area contributed by atoms with Crippen molar-refractivity contribution in [3.8, 4) is 5.75 Å². The van der Waals surface area contributed by atoms with Crippen molar-refractivity contribution in [2.45, 2.75) is 19.9 Å². The number of hydrogen-bond donors (Lipinski definition) is 2. The molecule has 6 heteroatoms. The summed E-state index contributed by atoms with van der Waals surface area (Å²) >= 11 is 0. The molecule has 0 unspecified atom stereocenters. The topological polar surface area (TPSA) is 84.7 Å². The molecule has 0 radical (unpaired) electrons. The second kappa shape index (κ2) is 7.49. The molecule has 110 valence electrons. The standard InChI is InChI=1S/C14H21N3O3/c1-10-8-11(4-5-12(10)20-3)9-17(2)7-6-13(18)16-14(15)19/h4-5,8H,6-7,9H2,1-3H3,(H3,15,16,18,19). The van der Waals surface area contributed by atoms with Gasteiger partial charge < -0.3 is 15.4 Å². The molecule has 1 aromatic rings. The molecule has 0 aromatic heterocycles. The van der Waals surface area contributed by atoms with E-state index in [-0.39, 0.29) is 12.3 Å². The second-order valence-electron chi connectivity index (χ2n) is 4.70. The average Bonchev–Trinajstić information content (AvgIpc) is 2.36. The quantitative estimate of drug-likeness (QED) is 0.814. The fourth-order valence-electron chi connectivity index (χ4n) is 1.92. The minimum Gasteiger partial charge on any atom is -0.496 e. The molecule has 0 saturated carbocycles. The van der Waals surface area contributed by atoms with Crippen LogP contribution in [0.4, 0.5) is 4.79 Å². The minimum atomic E-state index is -0.816. The predicted molar refractivity (Wildman–Crippen MR) is 76.4 cm³/mol. The lowest BCUT2D eigenvalue weighted by molar-refractivity contribution is -0.120. The highest BCUT2D eigenvalue weighted by atomic mass is 16.5. The number of amides is 3. The van der Waals surface area contributed by atoms with Crippen LogP contribution in [0.5, 0.6) is 5.75 Å². The van der Waals surface area contributed by atoms with Crippen molar-refractivity contribution in [2.24, 2.45) is 5.73 Å². The van der Waals surface area contributed by atoms with Crippen molar-refractivity contribution in [2.75, 3.05) is 20.7 Å². The molecule has 0 aliphatic rings. The van der Waals surface area contributed by atoms with Gasteiger partial charge in [0.05, 0.1) is 7.11 Å². The Labute approximate surface area is 118 Å². The van der Waals surface area contributed by atoms with Crippen LogP contribution in [0.3, 0.4) is 0 Å². The van der Waals surface area contributed by atoms with E-state index in [1.807, 2.05) is 36.3 Å². The van der Waals surface area contributed by atoms with Gasteiger partial charge in [-0.3, -0.25) is 10.1 Å². The molecule has 0 saturated heterocycles. The normalized spacial score (nSPS) is 10.4. The first kappa shape index (κ1) is 16.0. The maximum atomic E-state index is 11.3. The minimum absolute atomic E-state index is 0.231. The Hall–Kier alpha value is -2.08. The van der Waals surface area contributed by atoms with Gasteiger partial charge in [-0.05, 0) is 31.2 Å². The first-order valence-electron chi connectivity index (χ1n) is 6.33. The Morgan fingerprint density at radius 2 is 2.10 bits per heavy atom. The summed E-state index contributed by atoms with van der Waals surface area (Å²) in [6, 6.07) is 5.16. The summed E-state index contributed by atoms with van der Waals surface area (Å²) < 4.78 is 5.21. The Kier molecular flexibility index (Phi) is 5.99. The summed E-state index contributed by atoms with van der Waals surface area (Å²) in [7, 11) is 3.56. The summed E-state index contributed by atoms with van der Waals surface area (Å²) in [5.41, 5.74) is 7.08. The lowest BCUT2D eigenvalue weighted by Gasteiger charge is -2.17. The molecule has 1 rings (SSSR count). The van der Waals surface area contributed by atoms with Crippen LogP contribution < -0.4 is 15.8 Å². The van der Waals surface area contributed by atoms with Gasteiger partial charge in [0.2, 0.25) is 5.91 Å². The summed E-state index contributed by atoms with van der Waals surface area (Å²) in [6.45, 7) is 3.25. The van der Waals surface area contributed by atoms with Crippen LogP contribution in [0.25, 0.3) is 0 Å². The highest BCUT2D eigenvalue weighted by Crippen LogP contribution is 2.19. The molecule has 20 heavy (non-hydrogen) atoms. The van der Waals surface area contributed by atoms with E-state index >= 15 is 0 Å². The van der Waals surface area contributed by atoms with Crippen LogP contribution in [0, 0.1) is 6.92 Å². The van der Waals surface area contributed by atoms with Crippen molar-refractivity contribution in [3.05, 3.63) is 29.3 Å². The molecule has 6 nitrogen and oxygen atoms in total. The van der Waals surface area contributed by atoms with Crippen LogP contribution in [0.15, 0.2) is 18.2 Å². The van der Waals surface area contributed by atoms with E-state index in [9.17, 15) is 9.59 Å². The van der Waals surface area contributed by atoms with Crippen LogP contribution in [0.1, 0.15) is 17.5 Å². The molecular weight excluding hydrogens is 258 g/mol. The molecule has 3 amide bonds. The summed E-state index contributed by atoms with van der Waals surface area (Å²) in [5.74, 6) is 0.493. The van der Waals surface area contributed by atoms with Gasteiger partial charge >= 0.3 is 6.03 Å². The van der Waals surface area contributed by atoms with E-state index in [1.54, 1.807) is 7.11 Å². The lowest BCUT2D eigenvalue weighted by atomic mass is 10.1. The lowest BCUT2D eigenvalue weighted by Crippen LogP contribution is -2.36. The molecule has 0 aliphatic carbocycles. The van der Waals surface area contributed by atoms with E-state index in [4.69, 9.17) is 10.5 Å². The van der Waals surface area contributed by atoms with Gasteiger partial charge in [-0.15, -0.1) is 0 Å². The number of primary amides is 1. The number of nitrogens with one attached hydrogen (secondary N) is 1. The van der Waals surface area contributed by atoms with Crippen molar-refractivity contribution in [1.82, 2.24) is 10.2 Å². The number of ether oxygens (including phenoxy) is 1.